The van der Waals surface area contributed by atoms with E-state index in [1.165, 1.54) is 19.3 Å². The van der Waals surface area contributed by atoms with Crippen molar-refractivity contribution >= 4 is 0 Å². The normalized spacial score (nSPS) is 38.9. The van der Waals surface area contributed by atoms with Gasteiger partial charge >= 0.3 is 0 Å². The van der Waals surface area contributed by atoms with Crippen LogP contribution in [0, 0.1) is 23.2 Å². The predicted molar refractivity (Wildman–Crippen MR) is 74.0 cm³/mol. The van der Waals surface area contributed by atoms with Gasteiger partial charge in [0.1, 0.15) is 0 Å². The van der Waals surface area contributed by atoms with Crippen molar-refractivity contribution in [2.24, 2.45) is 23.2 Å². The van der Waals surface area contributed by atoms with E-state index >= 15 is 0 Å². The van der Waals surface area contributed by atoms with Crippen LogP contribution in [-0.4, -0.2) is 13.2 Å². The van der Waals surface area contributed by atoms with E-state index in [4.69, 9.17) is 9.47 Å². The number of fused-ring (bicyclic) bond motifs is 2. The molecule has 0 aromatic heterocycles. The van der Waals surface area contributed by atoms with Crippen molar-refractivity contribution in [3.63, 3.8) is 0 Å². The highest BCUT2D eigenvalue weighted by atomic mass is 16.5. The van der Waals surface area contributed by atoms with Gasteiger partial charge in [-0.05, 0) is 50.9 Å². The van der Waals surface area contributed by atoms with Crippen LogP contribution in [-0.2, 0) is 9.47 Å². The second kappa shape index (κ2) is 5.81. The van der Waals surface area contributed by atoms with Gasteiger partial charge in [-0.2, -0.15) is 0 Å². The van der Waals surface area contributed by atoms with Gasteiger partial charge in [-0.25, -0.2) is 0 Å². The van der Waals surface area contributed by atoms with E-state index in [1.54, 1.807) is 0 Å². The van der Waals surface area contributed by atoms with E-state index in [1.807, 2.05) is 38.5 Å². The Morgan fingerprint density at radius 2 is 1.67 bits per heavy atom. The summed E-state index contributed by atoms with van der Waals surface area (Å²) in [6.07, 6.45) is 11.7. The summed E-state index contributed by atoms with van der Waals surface area (Å²) in [5.41, 5.74) is 0.224. The Kier molecular flexibility index (Phi) is 4.36. The van der Waals surface area contributed by atoms with Gasteiger partial charge in [0.2, 0.25) is 0 Å². The fourth-order valence-electron chi connectivity index (χ4n) is 3.97. The van der Waals surface area contributed by atoms with Gasteiger partial charge in [0.05, 0.1) is 25.7 Å². The number of allylic oxidation sites excluding steroid dienone is 2. The van der Waals surface area contributed by atoms with Gasteiger partial charge in [0, 0.05) is 5.41 Å². The van der Waals surface area contributed by atoms with Gasteiger partial charge in [-0.15, -0.1) is 0 Å². The van der Waals surface area contributed by atoms with Crippen LogP contribution in [0.25, 0.3) is 0 Å². The van der Waals surface area contributed by atoms with Crippen LogP contribution < -0.4 is 0 Å². The van der Waals surface area contributed by atoms with E-state index in [9.17, 15) is 0 Å². The van der Waals surface area contributed by atoms with Crippen LogP contribution in [0.15, 0.2) is 24.7 Å². The van der Waals surface area contributed by atoms with Crippen molar-refractivity contribution in [3.05, 3.63) is 24.7 Å². The Hall–Kier alpha value is -0.920. The van der Waals surface area contributed by atoms with Crippen molar-refractivity contribution < 1.29 is 9.47 Å². The van der Waals surface area contributed by atoms with Gasteiger partial charge in [0.15, 0.2) is 0 Å². The van der Waals surface area contributed by atoms with Crippen LogP contribution in [0.4, 0.5) is 0 Å². The van der Waals surface area contributed by atoms with Crippen LogP contribution in [0.5, 0.6) is 0 Å². The van der Waals surface area contributed by atoms with Crippen molar-refractivity contribution in [3.8, 4) is 0 Å². The van der Waals surface area contributed by atoms with E-state index in [-0.39, 0.29) is 5.41 Å². The van der Waals surface area contributed by atoms with E-state index in [0.29, 0.717) is 5.92 Å². The summed E-state index contributed by atoms with van der Waals surface area (Å²) in [5, 5.41) is 0. The zero-order valence-corrected chi connectivity index (χ0v) is 11.9. The third-order valence-corrected chi connectivity index (χ3v) is 5.07. The molecule has 18 heavy (non-hydrogen) atoms. The van der Waals surface area contributed by atoms with Crippen LogP contribution in [0.1, 0.15) is 40.0 Å². The molecule has 2 bridgehead atoms. The largest absolute Gasteiger partial charge is 0.501 e. The summed E-state index contributed by atoms with van der Waals surface area (Å²) < 4.78 is 11.5. The highest BCUT2D eigenvalue weighted by Crippen LogP contribution is 2.59. The summed E-state index contributed by atoms with van der Waals surface area (Å²) in [6, 6.07) is 0. The number of ether oxygens (including phenoxy) is 2. The molecule has 0 radical (unpaired) electrons. The topological polar surface area (TPSA) is 18.5 Å². The van der Waals surface area contributed by atoms with Crippen molar-refractivity contribution in [1.82, 2.24) is 0 Å². The standard InChI is InChI=1S/C16H26O2/c1-4-8-17-11-16(12-18-9-5-2)13(3)14-6-7-15(16)10-14/h4-5,8-9,13-15H,6-7,10-12H2,1-3H3. The van der Waals surface area contributed by atoms with Crippen LogP contribution in [0.3, 0.4) is 0 Å². The maximum absolute atomic E-state index is 5.74. The second-order valence-electron chi connectivity index (χ2n) is 5.85. The average Bonchev–Trinajstić information content (AvgIpc) is 2.94. The van der Waals surface area contributed by atoms with Crippen LogP contribution >= 0.6 is 0 Å². The average molecular weight is 250 g/mol. The minimum atomic E-state index is 0.224. The lowest BCUT2D eigenvalue weighted by molar-refractivity contribution is -0.0381. The first kappa shape index (κ1) is 13.5. The molecule has 0 aromatic rings. The maximum Gasteiger partial charge on any atom is 0.0967 e. The summed E-state index contributed by atoms with van der Waals surface area (Å²) in [7, 11) is 0. The zero-order chi connectivity index (χ0) is 13.0. The molecule has 3 atom stereocenters. The summed E-state index contributed by atoms with van der Waals surface area (Å²) in [6.45, 7) is 7.98. The molecule has 0 heterocycles. The molecule has 102 valence electrons. The zero-order valence-electron chi connectivity index (χ0n) is 11.9. The predicted octanol–water partition coefficient (Wildman–Crippen LogP) is 4.14. The molecule has 0 N–H and O–H groups in total. The third-order valence-electron chi connectivity index (χ3n) is 5.07. The molecule has 2 saturated carbocycles. The molecule has 3 unspecified atom stereocenters. The Morgan fingerprint density at radius 3 is 2.11 bits per heavy atom. The molecule has 2 rings (SSSR count). The second-order valence-corrected chi connectivity index (χ2v) is 5.85. The third kappa shape index (κ3) is 2.30. The van der Waals surface area contributed by atoms with Gasteiger partial charge in [0.25, 0.3) is 0 Å². The van der Waals surface area contributed by atoms with Crippen molar-refractivity contribution in [1.29, 1.82) is 0 Å². The maximum atomic E-state index is 5.74. The molecule has 0 spiro atoms. The lowest BCUT2D eigenvalue weighted by Crippen LogP contribution is -2.42. The lowest BCUT2D eigenvalue weighted by Gasteiger charge is -2.41. The van der Waals surface area contributed by atoms with Crippen LogP contribution in [0.2, 0.25) is 0 Å². The first-order valence-electron chi connectivity index (χ1n) is 7.20. The van der Waals surface area contributed by atoms with Gasteiger partial charge in [-0.1, -0.05) is 19.1 Å². The Labute approximate surface area is 111 Å². The SMILES string of the molecule is CC=COCC1(COC=CC)C2CCC(C2)C1C. The molecule has 2 fully saturated rings. The molecular formula is C16H26O2. The fourth-order valence-corrected chi connectivity index (χ4v) is 3.97. The summed E-state index contributed by atoms with van der Waals surface area (Å²) in [5.74, 6) is 2.39. The van der Waals surface area contributed by atoms with Crippen molar-refractivity contribution in [2.75, 3.05) is 13.2 Å². The number of hydrogen-bond acceptors (Lipinski definition) is 2. The molecule has 2 nitrogen and oxygen atoms in total. The summed E-state index contributed by atoms with van der Waals surface area (Å²) >= 11 is 0. The van der Waals surface area contributed by atoms with Crippen molar-refractivity contribution in [2.45, 2.75) is 40.0 Å². The molecular weight excluding hydrogens is 224 g/mol. The highest BCUT2D eigenvalue weighted by Gasteiger charge is 2.56. The highest BCUT2D eigenvalue weighted by molar-refractivity contribution is 5.05. The quantitative estimate of drug-likeness (QED) is 0.660. The van der Waals surface area contributed by atoms with E-state index in [0.717, 1.165) is 25.0 Å². The molecule has 0 aromatic carbocycles. The van der Waals surface area contributed by atoms with Gasteiger partial charge in [-0.3, -0.25) is 0 Å². The molecule has 0 saturated heterocycles. The fraction of sp³-hybridized carbons (Fsp3) is 0.750. The molecule has 0 amide bonds. The van der Waals surface area contributed by atoms with E-state index in [2.05, 4.69) is 6.92 Å². The Balaban J connectivity index is 2.06. The van der Waals surface area contributed by atoms with Gasteiger partial charge < -0.3 is 9.47 Å². The lowest BCUT2D eigenvalue weighted by atomic mass is 9.67. The Morgan fingerprint density at radius 1 is 1.06 bits per heavy atom. The van der Waals surface area contributed by atoms with E-state index < -0.39 is 0 Å². The molecule has 2 heteroatoms. The number of hydrogen-bond donors (Lipinski definition) is 0. The summed E-state index contributed by atoms with van der Waals surface area (Å²) in [4.78, 5) is 0. The first-order chi connectivity index (χ1) is 8.74. The first-order valence-corrected chi connectivity index (χ1v) is 7.20. The monoisotopic (exact) mass is 250 g/mol. The molecule has 0 aliphatic heterocycles. The number of rotatable bonds is 6. The molecule has 2 aliphatic carbocycles. The minimum absolute atomic E-state index is 0.224. The molecule has 2 aliphatic rings. The Bertz CT molecular complexity index is 299. The minimum Gasteiger partial charge on any atom is -0.501 e. The smallest absolute Gasteiger partial charge is 0.0967 e.